The van der Waals surface area contributed by atoms with E-state index in [9.17, 15) is 61.5 Å². The summed E-state index contributed by atoms with van der Waals surface area (Å²) in [7, 11) is 0. The van der Waals surface area contributed by atoms with Gasteiger partial charge in [-0.05, 0) is 42.7 Å². The molecule has 0 unspecified atom stereocenters. The fraction of sp³-hybridized carbons (Fsp3) is 0.630. The lowest BCUT2D eigenvalue weighted by Crippen LogP contribution is -2.57. The summed E-state index contributed by atoms with van der Waals surface area (Å²) in [6.45, 7) is -2.50. The molecule has 0 aliphatic carbocycles. The molecule has 1 aromatic heterocycles. The molecule has 2 aromatic rings. The number of rotatable bonds is 21. The van der Waals surface area contributed by atoms with E-state index in [1.165, 1.54) is 30.7 Å². The molecule has 0 N–H and O–H groups in total. The predicted molar refractivity (Wildman–Crippen MR) is 135 cm³/mol. The number of aromatic nitrogens is 2. The molecule has 2 rings (SSSR count). The van der Waals surface area contributed by atoms with Crippen LogP contribution in [0.15, 0.2) is 36.7 Å². The molecule has 0 radical (unpaired) electrons. The van der Waals surface area contributed by atoms with Crippen LogP contribution in [0.3, 0.4) is 0 Å². The molecular formula is C27H28F14N2O5. The van der Waals surface area contributed by atoms with Crippen LogP contribution in [0.1, 0.15) is 44.6 Å². The molecule has 1 heterocycles. The van der Waals surface area contributed by atoms with Crippen LogP contribution in [0, 0.1) is 0 Å². The summed E-state index contributed by atoms with van der Waals surface area (Å²) in [5.74, 6) is 0.455. The topological polar surface area (TPSA) is 71.9 Å². The van der Waals surface area contributed by atoms with Gasteiger partial charge in [0.05, 0.1) is 6.61 Å². The summed E-state index contributed by atoms with van der Waals surface area (Å²) in [5, 5.41) is 0. The second kappa shape index (κ2) is 16.6. The van der Waals surface area contributed by atoms with E-state index in [-0.39, 0.29) is 5.75 Å². The lowest BCUT2D eigenvalue weighted by Gasteiger charge is -2.33. The smallest absolute Gasteiger partial charge is 0.490 e. The molecule has 48 heavy (non-hydrogen) atoms. The SMILES string of the molecule is CCCCCCCc1cnc(-c2ccc(OC[C@@H](F)COCC(F)(F)OC(F)(F)C(F)(F)OC(F)(F)C(F)(F)OC(F)(F)F)cc2)nc1. The summed E-state index contributed by atoms with van der Waals surface area (Å²) in [4.78, 5) is 8.59. The van der Waals surface area contributed by atoms with Gasteiger partial charge in [-0.3, -0.25) is 0 Å². The highest BCUT2D eigenvalue weighted by Gasteiger charge is 2.74. The second-order valence-corrected chi connectivity index (χ2v) is 9.98. The van der Waals surface area contributed by atoms with E-state index in [1.807, 2.05) is 0 Å². The molecule has 0 bridgehead atoms. The van der Waals surface area contributed by atoms with Crippen molar-refractivity contribution in [2.24, 2.45) is 0 Å². The van der Waals surface area contributed by atoms with Crippen LogP contribution in [-0.4, -0.2) is 72.9 Å². The third-order valence-electron chi connectivity index (χ3n) is 5.84. The quantitative estimate of drug-likeness (QED) is 0.0940. The van der Waals surface area contributed by atoms with Gasteiger partial charge in [-0.2, -0.15) is 43.9 Å². The fourth-order valence-corrected chi connectivity index (χ4v) is 3.57. The lowest BCUT2D eigenvalue weighted by molar-refractivity contribution is -0.564. The molecule has 1 atom stereocenters. The van der Waals surface area contributed by atoms with Gasteiger partial charge in [0, 0.05) is 18.0 Å². The van der Waals surface area contributed by atoms with E-state index in [0.29, 0.717) is 11.4 Å². The Morgan fingerprint density at radius 3 is 1.71 bits per heavy atom. The third-order valence-corrected chi connectivity index (χ3v) is 5.84. The molecule has 7 nitrogen and oxygen atoms in total. The van der Waals surface area contributed by atoms with Gasteiger partial charge in [0.15, 0.2) is 12.0 Å². The summed E-state index contributed by atoms with van der Waals surface area (Å²) in [6, 6.07) is 5.82. The zero-order chi connectivity index (χ0) is 36.4. The van der Waals surface area contributed by atoms with Gasteiger partial charge in [0.2, 0.25) is 0 Å². The average molecular weight is 727 g/mol. The van der Waals surface area contributed by atoms with Gasteiger partial charge < -0.3 is 9.47 Å². The number of hydrogen-bond acceptors (Lipinski definition) is 7. The molecule has 0 aliphatic heterocycles. The second-order valence-electron chi connectivity index (χ2n) is 9.98. The van der Waals surface area contributed by atoms with E-state index >= 15 is 0 Å². The number of benzene rings is 1. The number of nitrogens with zero attached hydrogens (tertiary/aromatic N) is 2. The Bertz CT molecular complexity index is 1250. The molecular weight excluding hydrogens is 698 g/mol. The number of ether oxygens (including phenoxy) is 5. The third kappa shape index (κ3) is 13.1. The maximum Gasteiger partial charge on any atom is 0.527 e. The molecule has 0 aliphatic rings. The molecule has 0 fully saturated rings. The summed E-state index contributed by atoms with van der Waals surface area (Å²) in [6.07, 6.45) is -32.8. The Hall–Kier alpha value is -3.04. The Morgan fingerprint density at radius 1 is 0.646 bits per heavy atom. The molecule has 21 heteroatoms. The van der Waals surface area contributed by atoms with Crippen molar-refractivity contribution in [2.45, 2.75) is 88.5 Å². The fourth-order valence-electron chi connectivity index (χ4n) is 3.57. The zero-order valence-corrected chi connectivity index (χ0v) is 24.6. The van der Waals surface area contributed by atoms with E-state index < -0.39 is 62.9 Å². The molecule has 0 saturated heterocycles. The van der Waals surface area contributed by atoms with Gasteiger partial charge in [-0.1, -0.05) is 32.6 Å². The first-order chi connectivity index (χ1) is 22.0. The highest BCUT2D eigenvalue weighted by molar-refractivity contribution is 5.55. The number of hydrogen-bond donors (Lipinski definition) is 0. The van der Waals surface area contributed by atoms with Crippen LogP contribution >= 0.6 is 0 Å². The van der Waals surface area contributed by atoms with Crippen molar-refractivity contribution in [3.05, 3.63) is 42.2 Å². The van der Waals surface area contributed by atoms with Crippen molar-refractivity contribution in [2.75, 3.05) is 19.8 Å². The average Bonchev–Trinajstić information content (AvgIpc) is 2.94. The normalized spacial score (nSPS) is 14.3. The molecule has 1 aromatic carbocycles. The molecule has 274 valence electrons. The number of alkyl halides is 14. The van der Waals surface area contributed by atoms with E-state index in [0.717, 1.165) is 37.7 Å². The van der Waals surface area contributed by atoms with Crippen molar-refractivity contribution >= 4 is 0 Å². The number of halogens is 14. The Morgan fingerprint density at radius 2 is 1.17 bits per heavy atom. The Kier molecular flexibility index (Phi) is 14.2. The standard InChI is InChI=1S/C27H28F14N2O5/c1-2-3-4-5-6-7-17-12-42-21(43-13-17)18-8-10-20(11-9-18)45-15-19(28)14-44-16-22(29,30)46-23(31,32)24(33,34)47-25(35,36)26(37,38)48-27(39,40)41/h8-13,19H,2-7,14-16H2,1H3/t19-/m0/s1. The van der Waals surface area contributed by atoms with Crippen molar-refractivity contribution in [3.8, 4) is 17.1 Å². The van der Waals surface area contributed by atoms with Crippen LogP contribution in [0.25, 0.3) is 11.4 Å². The maximum atomic E-state index is 14.0. The monoisotopic (exact) mass is 726 g/mol. The summed E-state index contributed by atoms with van der Waals surface area (Å²) in [5.41, 5.74) is 1.53. The van der Waals surface area contributed by atoms with Crippen LogP contribution in [0.4, 0.5) is 61.5 Å². The van der Waals surface area contributed by atoms with Crippen LogP contribution in [-0.2, 0) is 25.4 Å². The van der Waals surface area contributed by atoms with Crippen molar-refractivity contribution < 1.29 is 85.2 Å². The Balaban J connectivity index is 1.83. The van der Waals surface area contributed by atoms with Crippen molar-refractivity contribution in [1.29, 1.82) is 0 Å². The minimum atomic E-state index is -7.15. The van der Waals surface area contributed by atoms with E-state index in [4.69, 9.17) is 4.74 Å². The molecule has 0 amide bonds. The van der Waals surface area contributed by atoms with Gasteiger partial charge in [0.1, 0.15) is 19.0 Å². The number of aryl methyl sites for hydroxylation is 1. The largest absolute Gasteiger partial charge is 0.527 e. The summed E-state index contributed by atoms with van der Waals surface area (Å²) >= 11 is 0. The van der Waals surface area contributed by atoms with Gasteiger partial charge in [-0.25, -0.2) is 28.6 Å². The van der Waals surface area contributed by atoms with Crippen LogP contribution < -0.4 is 4.74 Å². The van der Waals surface area contributed by atoms with Gasteiger partial charge in [-0.15, -0.1) is 13.2 Å². The Labute approximate surface area is 263 Å². The van der Waals surface area contributed by atoms with E-state index in [2.05, 4.69) is 26.4 Å². The first-order valence-electron chi connectivity index (χ1n) is 13.8. The predicted octanol–water partition coefficient (Wildman–Crippen LogP) is 8.92. The van der Waals surface area contributed by atoms with Gasteiger partial charge in [0.25, 0.3) is 0 Å². The first kappa shape index (κ1) is 41.1. The van der Waals surface area contributed by atoms with Crippen molar-refractivity contribution in [3.63, 3.8) is 0 Å². The number of unbranched alkanes of at least 4 members (excludes halogenated alkanes) is 4. The van der Waals surface area contributed by atoms with Crippen molar-refractivity contribution in [1.82, 2.24) is 9.97 Å². The molecule has 0 saturated carbocycles. The summed E-state index contributed by atoms with van der Waals surface area (Å²) < 4.78 is 197. The van der Waals surface area contributed by atoms with E-state index in [1.54, 1.807) is 21.9 Å². The highest BCUT2D eigenvalue weighted by Crippen LogP contribution is 2.48. The van der Waals surface area contributed by atoms with Crippen LogP contribution in [0.5, 0.6) is 5.75 Å². The highest BCUT2D eigenvalue weighted by atomic mass is 19.4. The lowest BCUT2D eigenvalue weighted by atomic mass is 10.1. The maximum absolute atomic E-state index is 14.0. The van der Waals surface area contributed by atoms with Crippen LogP contribution in [0.2, 0.25) is 0 Å². The first-order valence-corrected chi connectivity index (χ1v) is 13.8. The van der Waals surface area contributed by atoms with Gasteiger partial charge >= 0.3 is 36.9 Å². The minimum Gasteiger partial charge on any atom is -0.490 e. The molecule has 0 spiro atoms. The minimum absolute atomic E-state index is 0.0728. The zero-order valence-electron chi connectivity index (χ0n) is 24.6.